The van der Waals surface area contributed by atoms with Crippen LogP contribution in [0, 0.1) is 5.92 Å². The summed E-state index contributed by atoms with van der Waals surface area (Å²) in [6.45, 7) is 2.94. The lowest BCUT2D eigenvalue weighted by atomic mass is 9.83. The smallest absolute Gasteiger partial charge is 0.309 e. The van der Waals surface area contributed by atoms with Gasteiger partial charge in [-0.2, -0.15) is 0 Å². The zero-order valence-electron chi connectivity index (χ0n) is 13.3. The minimum absolute atomic E-state index is 0.0456. The molecule has 2 atom stereocenters. The number of ether oxygens (including phenoxy) is 2. The Morgan fingerprint density at radius 2 is 2.00 bits per heavy atom. The molecule has 3 fully saturated rings. The van der Waals surface area contributed by atoms with E-state index in [1.165, 1.54) is 52.1 Å². The van der Waals surface area contributed by atoms with Gasteiger partial charge in [-0.25, -0.2) is 0 Å². The van der Waals surface area contributed by atoms with Crippen LogP contribution in [0.1, 0.15) is 57.8 Å². The van der Waals surface area contributed by atoms with Crippen molar-refractivity contribution in [1.82, 2.24) is 4.90 Å². The van der Waals surface area contributed by atoms with Gasteiger partial charge >= 0.3 is 5.97 Å². The van der Waals surface area contributed by atoms with E-state index in [0.717, 1.165) is 32.5 Å². The molecule has 2 heterocycles. The maximum absolute atomic E-state index is 11.7. The Hall–Kier alpha value is -0.610. The van der Waals surface area contributed by atoms with Crippen molar-refractivity contribution in [2.24, 2.45) is 5.92 Å². The minimum Gasteiger partial charge on any atom is -0.469 e. The molecule has 0 aromatic rings. The molecule has 3 aliphatic rings. The lowest BCUT2D eigenvalue weighted by Crippen LogP contribution is -2.43. The predicted octanol–water partition coefficient (Wildman–Crippen LogP) is 2.75. The lowest BCUT2D eigenvalue weighted by molar-refractivity contribution is -0.147. The summed E-state index contributed by atoms with van der Waals surface area (Å²) in [6.07, 6.45) is 11.4. The molecule has 1 spiro atoms. The molecule has 0 radical (unpaired) electrons. The Morgan fingerprint density at radius 1 is 1.19 bits per heavy atom. The summed E-state index contributed by atoms with van der Waals surface area (Å²) >= 11 is 0. The summed E-state index contributed by atoms with van der Waals surface area (Å²) in [5.41, 5.74) is 0.209. The molecule has 21 heavy (non-hydrogen) atoms. The largest absolute Gasteiger partial charge is 0.469 e. The van der Waals surface area contributed by atoms with Gasteiger partial charge in [0.15, 0.2) is 0 Å². The SMILES string of the molecule is COC(=O)[C@H]1CCCN(CC2CCC3(CCCCC3)O2)C1. The second-order valence-corrected chi connectivity index (χ2v) is 7.14. The fraction of sp³-hybridized carbons (Fsp3) is 0.941. The van der Waals surface area contributed by atoms with E-state index in [0.29, 0.717) is 6.10 Å². The molecular weight excluding hydrogens is 266 g/mol. The number of carbonyl (C=O) groups is 1. The van der Waals surface area contributed by atoms with E-state index >= 15 is 0 Å². The van der Waals surface area contributed by atoms with E-state index in [-0.39, 0.29) is 17.5 Å². The fourth-order valence-electron chi connectivity index (χ4n) is 4.46. The van der Waals surface area contributed by atoms with Gasteiger partial charge in [0.1, 0.15) is 0 Å². The zero-order valence-corrected chi connectivity index (χ0v) is 13.3. The van der Waals surface area contributed by atoms with Gasteiger partial charge in [-0.05, 0) is 45.1 Å². The summed E-state index contributed by atoms with van der Waals surface area (Å²) < 4.78 is 11.4. The molecule has 3 rings (SSSR count). The monoisotopic (exact) mass is 295 g/mol. The lowest BCUT2D eigenvalue weighted by Gasteiger charge is -2.36. The third-order valence-electron chi connectivity index (χ3n) is 5.61. The van der Waals surface area contributed by atoms with Crippen LogP contribution in [0.5, 0.6) is 0 Å². The Balaban J connectivity index is 1.49. The van der Waals surface area contributed by atoms with Gasteiger partial charge in [0.25, 0.3) is 0 Å². The summed E-state index contributed by atoms with van der Waals surface area (Å²) in [5, 5.41) is 0. The van der Waals surface area contributed by atoms with Gasteiger partial charge in [0.2, 0.25) is 0 Å². The van der Waals surface area contributed by atoms with Crippen LogP contribution in [-0.4, -0.2) is 49.3 Å². The summed E-state index contributed by atoms with van der Waals surface area (Å²) in [4.78, 5) is 14.1. The molecule has 4 nitrogen and oxygen atoms in total. The Bertz CT molecular complexity index is 365. The highest BCUT2D eigenvalue weighted by molar-refractivity contribution is 5.72. The average Bonchev–Trinajstić information content (AvgIpc) is 2.89. The number of likely N-dealkylation sites (tertiary alicyclic amines) is 1. The quantitative estimate of drug-likeness (QED) is 0.751. The molecule has 0 N–H and O–H groups in total. The van der Waals surface area contributed by atoms with Crippen molar-refractivity contribution in [2.45, 2.75) is 69.5 Å². The van der Waals surface area contributed by atoms with E-state index in [1.54, 1.807) is 0 Å². The maximum atomic E-state index is 11.7. The molecular formula is C17H29NO3. The van der Waals surface area contributed by atoms with Gasteiger partial charge in [0.05, 0.1) is 24.7 Å². The van der Waals surface area contributed by atoms with E-state index in [4.69, 9.17) is 9.47 Å². The van der Waals surface area contributed by atoms with Gasteiger partial charge < -0.3 is 9.47 Å². The standard InChI is InChI=1S/C17H29NO3/c1-20-16(19)14-6-5-11-18(12-14)13-15-7-10-17(21-15)8-3-2-4-9-17/h14-15H,2-13H2,1H3/t14-,15?/m0/s1. The number of rotatable bonds is 3. The van der Waals surface area contributed by atoms with Crippen molar-refractivity contribution in [1.29, 1.82) is 0 Å². The van der Waals surface area contributed by atoms with Crippen molar-refractivity contribution >= 4 is 5.97 Å². The number of nitrogens with zero attached hydrogens (tertiary/aromatic N) is 1. The molecule has 0 bridgehead atoms. The summed E-state index contributed by atoms with van der Waals surface area (Å²) in [5.74, 6) is 0.0181. The second kappa shape index (κ2) is 6.66. The van der Waals surface area contributed by atoms with Crippen molar-refractivity contribution < 1.29 is 14.3 Å². The van der Waals surface area contributed by atoms with E-state index < -0.39 is 0 Å². The molecule has 2 aliphatic heterocycles. The molecule has 0 aromatic carbocycles. The maximum Gasteiger partial charge on any atom is 0.309 e. The molecule has 1 saturated carbocycles. The predicted molar refractivity (Wildman–Crippen MR) is 81.1 cm³/mol. The highest BCUT2D eigenvalue weighted by atomic mass is 16.5. The molecule has 4 heteroatoms. The molecule has 2 saturated heterocycles. The van der Waals surface area contributed by atoms with Crippen LogP contribution in [0.25, 0.3) is 0 Å². The first-order chi connectivity index (χ1) is 10.2. The Morgan fingerprint density at radius 3 is 2.76 bits per heavy atom. The molecule has 0 amide bonds. The Kier molecular flexibility index (Phi) is 4.85. The molecule has 0 aromatic heterocycles. The zero-order chi connectivity index (χ0) is 14.7. The Labute approximate surface area is 128 Å². The third-order valence-corrected chi connectivity index (χ3v) is 5.61. The number of piperidine rings is 1. The second-order valence-electron chi connectivity index (χ2n) is 7.14. The first kappa shape index (κ1) is 15.3. The molecule has 1 aliphatic carbocycles. The highest BCUT2D eigenvalue weighted by Gasteiger charge is 2.41. The van der Waals surface area contributed by atoms with E-state index in [9.17, 15) is 4.79 Å². The number of hydrogen-bond donors (Lipinski definition) is 0. The number of hydrogen-bond acceptors (Lipinski definition) is 4. The topological polar surface area (TPSA) is 38.8 Å². The first-order valence-corrected chi connectivity index (χ1v) is 8.69. The van der Waals surface area contributed by atoms with E-state index in [2.05, 4.69) is 4.90 Å². The molecule has 120 valence electrons. The van der Waals surface area contributed by atoms with Crippen molar-refractivity contribution in [3.05, 3.63) is 0 Å². The van der Waals surface area contributed by atoms with Crippen LogP contribution in [0.3, 0.4) is 0 Å². The van der Waals surface area contributed by atoms with Gasteiger partial charge in [-0.15, -0.1) is 0 Å². The highest BCUT2D eigenvalue weighted by Crippen LogP contribution is 2.42. The fourth-order valence-corrected chi connectivity index (χ4v) is 4.46. The van der Waals surface area contributed by atoms with Crippen LogP contribution >= 0.6 is 0 Å². The van der Waals surface area contributed by atoms with Crippen LogP contribution in [0.4, 0.5) is 0 Å². The van der Waals surface area contributed by atoms with Crippen LogP contribution in [0.2, 0.25) is 0 Å². The first-order valence-electron chi connectivity index (χ1n) is 8.69. The van der Waals surface area contributed by atoms with Crippen LogP contribution < -0.4 is 0 Å². The van der Waals surface area contributed by atoms with Crippen LogP contribution in [-0.2, 0) is 14.3 Å². The van der Waals surface area contributed by atoms with Gasteiger partial charge in [-0.3, -0.25) is 9.69 Å². The van der Waals surface area contributed by atoms with Gasteiger partial charge in [-0.1, -0.05) is 19.3 Å². The van der Waals surface area contributed by atoms with Gasteiger partial charge in [0, 0.05) is 13.1 Å². The average molecular weight is 295 g/mol. The number of esters is 1. The summed E-state index contributed by atoms with van der Waals surface area (Å²) in [7, 11) is 1.49. The van der Waals surface area contributed by atoms with Crippen LogP contribution in [0.15, 0.2) is 0 Å². The van der Waals surface area contributed by atoms with Crippen molar-refractivity contribution in [2.75, 3.05) is 26.7 Å². The van der Waals surface area contributed by atoms with Crippen molar-refractivity contribution in [3.8, 4) is 0 Å². The minimum atomic E-state index is -0.0456. The normalized spacial score (nSPS) is 33.2. The van der Waals surface area contributed by atoms with E-state index in [1.807, 2.05) is 0 Å². The number of methoxy groups -OCH3 is 1. The molecule has 1 unspecified atom stereocenters. The third kappa shape index (κ3) is 3.59. The van der Waals surface area contributed by atoms with Crippen molar-refractivity contribution in [3.63, 3.8) is 0 Å². The number of carbonyl (C=O) groups excluding carboxylic acids is 1. The summed E-state index contributed by atoms with van der Waals surface area (Å²) in [6, 6.07) is 0.